The Balaban J connectivity index is 4.01. The number of unbranched alkanes of at least 4 members (excludes halogenated alkanes) is 42. The van der Waals surface area contributed by atoms with Gasteiger partial charge < -0.3 is 27.9 Å². The first-order valence-electron chi connectivity index (χ1n) is 43.5. The minimum atomic E-state index is -4.66. The zero-order valence-corrected chi connectivity index (χ0v) is 69.3. The molecule has 0 aliphatic rings. The number of carbonyl (C=O) groups excluding carboxylic acids is 2. The van der Waals surface area contributed by atoms with Crippen molar-refractivity contribution in [1.82, 2.24) is 0 Å². The number of rotatable bonds is 80. The van der Waals surface area contributed by atoms with Crippen LogP contribution in [0.25, 0.3) is 0 Å². The molecule has 0 rings (SSSR count). The smallest absolute Gasteiger partial charge is 0.306 e. The van der Waals surface area contributed by atoms with E-state index in [9.17, 15) is 19.0 Å². The molecule has 0 N–H and O–H groups in total. The maximum atomic E-state index is 12.9. The molecule has 0 bridgehead atoms. The maximum absolute atomic E-state index is 12.9. The summed E-state index contributed by atoms with van der Waals surface area (Å²) in [7, 11) is 1.14. The summed E-state index contributed by atoms with van der Waals surface area (Å²) in [5.41, 5.74) is 0. The highest BCUT2D eigenvalue weighted by Gasteiger charge is 2.22. The number of likely N-dealkylation sites (N-methyl/N-ethyl adjacent to an activating group) is 1. The van der Waals surface area contributed by atoms with Crippen LogP contribution in [-0.4, -0.2) is 70.0 Å². The molecule has 0 saturated heterocycles. The van der Waals surface area contributed by atoms with Gasteiger partial charge in [-0.15, -0.1) is 0 Å². The summed E-state index contributed by atoms with van der Waals surface area (Å²) < 4.78 is 34.4. The van der Waals surface area contributed by atoms with E-state index in [0.717, 1.165) is 122 Å². The van der Waals surface area contributed by atoms with Gasteiger partial charge >= 0.3 is 11.9 Å². The van der Waals surface area contributed by atoms with Gasteiger partial charge in [-0.3, -0.25) is 14.2 Å². The standard InChI is InChI=1S/C94H164NO8P/c1-6-8-10-12-14-16-18-20-22-24-26-28-30-32-34-36-38-40-42-44-46-47-49-51-53-55-57-59-61-63-65-67-69-71-73-75-77-79-81-83-85-87-94(97)103-92(91-102-104(98,99)101-89-88-95(3,4)5)90-100-93(96)86-84-82-80-78-76-74-72-70-68-66-64-62-60-58-56-54-52-50-48-45-43-41-39-37-35-33-31-29-27-25-23-21-19-17-15-13-11-9-7-2/h8,10,14,16,20,22,26,28,32,34,38,40,44,46,49,51,55,57,61,63,67,69,73,75,92H,6-7,9,11-13,15,17-19,21,23-25,27,29-31,33,35-37,39,41-43,45,47-48,50,52-54,56,58-60,62,64-66,68,70-72,74,76-91H2,1-5H3/b10-8-,16-14-,22-20-,28-26-,34-32-,40-38-,46-44-,51-49-,57-55-,63-61-,69-67-,75-73-. The number of ether oxygens (including phenoxy) is 2. The van der Waals surface area contributed by atoms with Crippen molar-refractivity contribution in [1.29, 1.82) is 0 Å². The third kappa shape index (κ3) is 86.8. The van der Waals surface area contributed by atoms with Gasteiger partial charge in [-0.2, -0.15) is 0 Å². The van der Waals surface area contributed by atoms with Crippen LogP contribution in [0.3, 0.4) is 0 Å². The molecule has 0 aliphatic heterocycles. The zero-order valence-electron chi connectivity index (χ0n) is 68.4. The van der Waals surface area contributed by atoms with Gasteiger partial charge in [0.25, 0.3) is 7.82 Å². The SMILES string of the molecule is CC/C=C\C/C=C\C/C=C\C/C=C\C/C=C\C/C=C\C/C=C\C/C=C\C/C=C\C/C=C\C/C=C\C/C=C\CCCCCCC(=O)OC(COC(=O)CCCCCCCCCCCCCCCCCCCCCCCCCCCCCCCCCCCCCCCCC)COP(=O)([O-])OCC[N+](C)(C)C. The quantitative estimate of drug-likeness (QED) is 0.0195. The van der Waals surface area contributed by atoms with E-state index < -0.39 is 26.5 Å². The van der Waals surface area contributed by atoms with E-state index in [-0.39, 0.29) is 32.0 Å². The number of phosphoric acid groups is 1. The molecule has 0 saturated carbocycles. The minimum Gasteiger partial charge on any atom is -0.756 e. The number of quaternary nitrogens is 1. The molecule has 0 aromatic heterocycles. The summed E-state index contributed by atoms with van der Waals surface area (Å²) in [4.78, 5) is 38.2. The zero-order chi connectivity index (χ0) is 75.4. The lowest BCUT2D eigenvalue weighted by Crippen LogP contribution is -2.37. The topological polar surface area (TPSA) is 111 Å². The van der Waals surface area contributed by atoms with Crippen molar-refractivity contribution in [2.75, 3.05) is 47.5 Å². The summed E-state index contributed by atoms with van der Waals surface area (Å²) in [6.45, 7) is 4.13. The second-order valence-corrected chi connectivity index (χ2v) is 31.6. The van der Waals surface area contributed by atoms with Gasteiger partial charge in [0.15, 0.2) is 6.10 Å². The average Bonchev–Trinajstić information content (AvgIpc) is 0.920. The fourth-order valence-corrected chi connectivity index (χ4v) is 13.0. The van der Waals surface area contributed by atoms with Crippen molar-refractivity contribution in [3.05, 3.63) is 146 Å². The van der Waals surface area contributed by atoms with Gasteiger partial charge in [-0.1, -0.05) is 417 Å². The molecule has 0 heterocycles. The van der Waals surface area contributed by atoms with E-state index in [1.165, 1.54) is 231 Å². The van der Waals surface area contributed by atoms with E-state index >= 15 is 0 Å². The number of esters is 2. The molecule has 10 heteroatoms. The van der Waals surface area contributed by atoms with Crippen LogP contribution in [0, 0.1) is 0 Å². The number of carbonyl (C=O) groups is 2. The summed E-state index contributed by atoms with van der Waals surface area (Å²) in [6, 6.07) is 0. The Morgan fingerprint density at radius 2 is 0.548 bits per heavy atom. The Hall–Kier alpha value is -4.11. The van der Waals surface area contributed by atoms with Crippen molar-refractivity contribution < 1.29 is 42.1 Å². The highest BCUT2D eigenvalue weighted by molar-refractivity contribution is 7.45. The van der Waals surface area contributed by atoms with Gasteiger partial charge in [0.05, 0.1) is 27.7 Å². The van der Waals surface area contributed by atoms with Crippen LogP contribution >= 0.6 is 7.82 Å². The Bertz CT molecular complexity index is 2280. The number of nitrogens with zero attached hydrogens (tertiary/aromatic N) is 1. The molecule has 0 amide bonds. The second kappa shape index (κ2) is 82.9. The molecule has 9 nitrogen and oxygen atoms in total. The molecular weight excluding hydrogens is 1300 g/mol. The Morgan fingerprint density at radius 3 is 0.817 bits per heavy atom. The van der Waals surface area contributed by atoms with Crippen molar-refractivity contribution in [3.8, 4) is 0 Å². The number of allylic oxidation sites excluding steroid dienone is 24. The molecule has 104 heavy (non-hydrogen) atoms. The lowest BCUT2D eigenvalue weighted by Gasteiger charge is -2.28. The lowest BCUT2D eigenvalue weighted by molar-refractivity contribution is -0.870. The van der Waals surface area contributed by atoms with Crippen LogP contribution in [0.4, 0.5) is 0 Å². The van der Waals surface area contributed by atoms with Gasteiger partial charge in [0, 0.05) is 12.8 Å². The first kappa shape index (κ1) is 99.9. The Morgan fingerprint density at radius 1 is 0.308 bits per heavy atom. The highest BCUT2D eigenvalue weighted by Crippen LogP contribution is 2.38. The van der Waals surface area contributed by atoms with Crippen molar-refractivity contribution >= 4 is 19.8 Å². The first-order chi connectivity index (χ1) is 51.0. The summed E-state index contributed by atoms with van der Waals surface area (Å²) in [5.74, 6) is -0.857. The molecule has 0 fully saturated rings. The lowest BCUT2D eigenvalue weighted by atomic mass is 10.0. The van der Waals surface area contributed by atoms with Crippen LogP contribution in [-0.2, 0) is 32.7 Å². The highest BCUT2D eigenvalue weighted by atomic mass is 31.2. The molecular formula is C94H164NO8P. The summed E-state index contributed by atoms with van der Waals surface area (Å²) in [5, 5.41) is 0. The second-order valence-electron chi connectivity index (χ2n) is 30.2. The van der Waals surface area contributed by atoms with E-state index in [4.69, 9.17) is 18.5 Å². The normalized spacial score (nSPS) is 13.7. The molecule has 0 radical (unpaired) electrons. The van der Waals surface area contributed by atoms with Crippen LogP contribution in [0.5, 0.6) is 0 Å². The van der Waals surface area contributed by atoms with Gasteiger partial charge in [-0.05, 0) is 103 Å². The fraction of sp³-hybridized carbons (Fsp3) is 0.723. The molecule has 0 spiro atoms. The molecule has 598 valence electrons. The van der Waals surface area contributed by atoms with Crippen LogP contribution < -0.4 is 4.89 Å². The van der Waals surface area contributed by atoms with E-state index in [1.807, 2.05) is 21.1 Å². The predicted molar refractivity (Wildman–Crippen MR) is 452 cm³/mol. The van der Waals surface area contributed by atoms with E-state index in [2.05, 4.69) is 160 Å². The van der Waals surface area contributed by atoms with Gasteiger partial charge in [0.1, 0.15) is 19.8 Å². The van der Waals surface area contributed by atoms with Crippen molar-refractivity contribution in [2.24, 2.45) is 0 Å². The minimum absolute atomic E-state index is 0.0416. The number of hydrogen-bond donors (Lipinski definition) is 0. The average molecular weight is 1470 g/mol. The van der Waals surface area contributed by atoms with Crippen molar-refractivity contribution in [3.63, 3.8) is 0 Å². The van der Waals surface area contributed by atoms with Gasteiger partial charge in [0.2, 0.25) is 0 Å². The molecule has 2 atom stereocenters. The largest absolute Gasteiger partial charge is 0.756 e. The third-order valence-corrected chi connectivity index (χ3v) is 19.8. The van der Waals surface area contributed by atoms with Gasteiger partial charge in [-0.25, -0.2) is 0 Å². The fourth-order valence-electron chi connectivity index (χ4n) is 12.3. The first-order valence-corrected chi connectivity index (χ1v) is 45.0. The van der Waals surface area contributed by atoms with Crippen LogP contribution in [0.1, 0.15) is 386 Å². The maximum Gasteiger partial charge on any atom is 0.306 e. The van der Waals surface area contributed by atoms with E-state index in [0.29, 0.717) is 17.4 Å². The summed E-state index contributed by atoms with van der Waals surface area (Å²) in [6.07, 6.45) is 123. The van der Waals surface area contributed by atoms with E-state index in [1.54, 1.807) is 0 Å². The summed E-state index contributed by atoms with van der Waals surface area (Å²) >= 11 is 0. The predicted octanol–water partition coefficient (Wildman–Crippen LogP) is 29.0. The monoisotopic (exact) mass is 1470 g/mol. The van der Waals surface area contributed by atoms with Crippen LogP contribution in [0.2, 0.25) is 0 Å². The Kier molecular flexibility index (Phi) is 79.7. The van der Waals surface area contributed by atoms with Crippen molar-refractivity contribution in [2.45, 2.75) is 392 Å². The molecule has 2 unspecified atom stereocenters. The number of phosphoric ester groups is 1. The third-order valence-electron chi connectivity index (χ3n) is 18.9. The molecule has 0 aromatic carbocycles. The number of hydrogen-bond acceptors (Lipinski definition) is 8. The molecule has 0 aliphatic carbocycles. The van der Waals surface area contributed by atoms with Crippen LogP contribution in [0.15, 0.2) is 146 Å². The molecule has 0 aromatic rings. The Labute approximate surface area is 643 Å².